The number of hydrogen-bond donors (Lipinski definition) is 1. The Kier molecular flexibility index (Phi) is 20.2. The fraction of sp³-hybridized carbons (Fsp3) is 0.613. The molecule has 1 N–H and O–H groups in total. The van der Waals surface area contributed by atoms with Gasteiger partial charge in [0.1, 0.15) is 18.0 Å². The highest BCUT2D eigenvalue weighted by molar-refractivity contribution is 6.32. The van der Waals surface area contributed by atoms with Crippen molar-refractivity contribution in [2.45, 2.75) is 104 Å². The van der Waals surface area contributed by atoms with Crippen molar-refractivity contribution < 1.29 is 42.8 Å². The predicted molar refractivity (Wildman–Crippen MR) is 153 cm³/mol. The number of carbonyl (C=O) groups is 1. The number of amides is 1. The van der Waals surface area contributed by atoms with E-state index in [1.54, 1.807) is 12.1 Å². The molecule has 1 aromatic carbocycles. The summed E-state index contributed by atoms with van der Waals surface area (Å²) in [7, 11) is 0. The van der Waals surface area contributed by atoms with Gasteiger partial charge in [-0.1, -0.05) is 89.2 Å². The Balaban J connectivity index is 0.00000722. The minimum absolute atomic E-state index is 0. The first-order chi connectivity index (χ1) is 18.1. The first-order valence-electron chi connectivity index (χ1n) is 14.4. The number of nitrogens with one attached hydrogen (secondary N) is 1. The van der Waals surface area contributed by atoms with Crippen molar-refractivity contribution >= 4 is 17.5 Å². The zero-order chi connectivity index (χ0) is 26.6. The molecule has 0 radical (unpaired) electrons. The molecule has 0 spiro atoms. The van der Waals surface area contributed by atoms with Crippen LogP contribution in [0.4, 0.5) is 0 Å². The molecule has 1 amide bonds. The molecule has 0 unspecified atom stereocenters. The number of pyridine rings is 1. The molecule has 0 saturated carbocycles. The summed E-state index contributed by atoms with van der Waals surface area (Å²) in [5, 5.41) is 3.40. The van der Waals surface area contributed by atoms with Crippen LogP contribution < -0.4 is 43.3 Å². The topological polar surface area (TPSA) is 51.4 Å². The van der Waals surface area contributed by atoms with Crippen molar-refractivity contribution in [3.05, 3.63) is 53.3 Å². The van der Waals surface area contributed by atoms with Gasteiger partial charge in [-0.3, -0.25) is 4.79 Å². The molecular formula is C31H48ClIN2O3. The number of rotatable bonds is 21. The Morgan fingerprint density at radius 1 is 0.842 bits per heavy atom. The second-order valence-corrected chi connectivity index (χ2v) is 10.2. The fourth-order valence-corrected chi connectivity index (χ4v) is 4.45. The van der Waals surface area contributed by atoms with Crippen molar-refractivity contribution in [2.24, 2.45) is 0 Å². The van der Waals surface area contributed by atoms with Crippen LogP contribution in [0.5, 0.6) is 11.5 Å². The number of ether oxygens (including phenoxy) is 2. The van der Waals surface area contributed by atoms with Crippen molar-refractivity contribution in [2.75, 3.05) is 19.8 Å². The molecule has 1 heterocycles. The van der Waals surface area contributed by atoms with Gasteiger partial charge in [0.2, 0.25) is 0 Å². The van der Waals surface area contributed by atoms with E-state index in [1.165, 1.54) is 76.2 Å². The van der Waals surface area contributed by atoms with E-state index in [2.05, 4.69) is 48.3 Å². The smallest absolute Gasteiger partial charge is 0.257 e. The molecule has 0 saturated heterocycles. The molecule has 1 aromatic heterocycles. The average molecular weight is 659 g/mol. The first-order valence-corrected chi connectivity index (χ1v) is 14.8. The van der Waals surface area contributed by atoms with Crippen LogP contribution in [-0.2, 0) is 17.8 Å². The third-order valence-electron chi connectivity index (χ3n) is 6.59. The number of carbonyl (C=O) groups excluding carboxylic acids is 1. The van der Waals surface area contributed by atoms with Crippen LogP contribution in [-0.4, -0.2) is 25.7 Å². The first kappa shape index (κ1) is 34.5. The highest BCUT2D eigenvalue weighted by Crippen LogP contribution is 2.29. The second kappa shape index (κ2) is 22.3. The highest BCUT2D eigenvalue weighted by atomic mass is 127. The van der Waals surface area contributed by atoms with E-state index in [-0.39, 0.29) is 36.5 Å². The summed E-state index contributed by atoms with van der Waals surface area (Å²) < 4.78 is 13.6. The van der Waals surface area contributed by atoms with E-state index in [0.29, 0.717) is 29.7 Å². The lowest BCUT2D eigenvalue weighted by molar-refractivity contribution is -0.693. The Bertz CT molecular complexity index is 880. The predicted octanol–water partition coefficient (Wildman–Crippen LogP) is 4.47. The summed E-state index contributed by atoms with van der Waals surface area (Å²) in [6.07, 6.45) is 20.8. The summed E-state index contributed by atoms with van der Waals surface area (Å²) in [5.41, 5.74) is 1.19. The van der Waals surface area contributed by atoms with Gasteiger partial charge in [-0.05, 0) is 37.5 Å². The van der Waals surface area contributed by atoms with Gasteiger partial charge in [-0.25, -0.2) is 4.57 Å². The minimum atomic E-state index is -0.150. The maximum absolute atomic E-state index is 12.1. The van der Waals surface area contributed by atoms with E-state index >= 15 is 0 Å². The molecule has 0 aliphatic carbocycles. The molecule has 2 rings (SSSR count). The number of nitrogens with zero attached hydrogens (tertiary/aromatic N) is 1. The molecule has 5 nitrogen and oxygen atoms in total. The van der Waals surface area contributed by atoms with Gasteiger partial charge < -0.3 is 38.8 Å². The van der Waals surface area contributed by atoms with E-state index in [9.17, 15) is 4.79 Å². The summed E-state index contributed by atoms with van der Waals surface area (Å²) in [4.78, 5) is 12.1. The van der Waals surface area contributed by atoms with Crippen LogP contribution in [0.15, 0.2) is 42.7 Å². The maximum Gasteiger partial charge on any atom is 0.257 e. The van der Waals surface area contributed by atoms with Crippen LogP contribution in [0, 0.1) is 0 Å². The molecule has 0 aliphatic heterocycles. The number of unbranched alkanes of at least 4 members (excludes halogenated alkanes) is 11. The summed E-state index contributed by atoms with van der Waals surface area (Å²) >= 11 is 6.36. The lowest BCUT2D eigenvalue weighted by Gasteiger charge is -2.11. The molecule has 214 valence electrons. The van der Waals surface area contributed by atoms with Crippen LogP contribution >= 0.6 is 11.6 Å². The molecule has 0 atom stereocenters. The quantitative estimate of drug-likeness (QED) is 0.122. The molecule has 0 bridgehead atoms. The molecule has 0 fully saturated rings. The van der Waals surface area contributed by atoms with E-state index in [0.717, 1.165) is 19.4 Å². The molecule has 7 heteroatoms. The lowest BCUT2D eigenvalue weighted by Crippen LogP contribution is -3.00. The Hall–Kier alpha value is -1.54. The number of benzene rings is 1. The van der Waals surface area contributed by atoms with Crippen LogP contribution in [0.3, 0.4) is 0 Å². The number of halogens is 2. The Morgan fingerprint density at radius 3 is 2.03 bits per heavy atom. The monoisotopic (exact) mass is 658 g/mol. The van der Waals surface area contributed by atoms with Crippen molar-refractivity contribution in [1.82, 2.24) is 5.32 Å². The van der Waals surface area contributed by atoms with E-state index in [4.69, 9.17) is 21.1 Å². The van der Waals surface area contributed by atoms with Crippen molar-refractivity contribution in [3.8, 4) is 11.5 Å². The summed E-state index contributed by atoms with van der Waals surface area (Å²) in [6.45, 7) is 6.52. The number of hydrogen-bond acceptors (Lipinski definition) is 3. The summed E-state index contributed by atoms with van der Waals surface area (Å²) in [5.74, 6) is 1.07. The Morgan fingerprint density at radius 2 is 1.45 bits per heavy atom. The lowest BCUT2D eigenvalue weighted by atomic mass is 10.1. The van der Waals surface area contributed by atoms with Crippen molar-refractivity contribution in [3.63, 3.8) is 0 Å². The highest BCUT2D eigenvalue weighted by Gasteiger charge is 2.07. The van der Waals surface area contributed by atoms with E-state index in [1.807, 2.05) is 6.07 Å². The zero-order valence-electron chi connectivity index (χ0n) is 23.5. The van der Waals surface area contributed by atoms with Crippen LogP contribution in [0.25, 0.3) is 0 Å². The van der Waals surface area contributed by atoms with Gasteiger partial charge in [0.15, 0.2) is 19.0 Å². The zero-order valence-corrected chi connectivity index (χ0v) is 26.4. The SMILES string of the molecule is CCCCCCCCCCCCCCOc1ccc(OCC(=O)NCCc2cc[n+](CC)cc2)cc1Cl.[I-]. The minimum Gasteiger partial charge on any atom is -1.00 e. The van der Waals surface area contributed by atoms with Crippen LogP contribution in [0.1, 0.15) is 96.5 Å². The second-order valence-electron chi connectivity index (χ2n) is 9.76. The van der Waals surface area contributed by atoms with Crippen LogP contribution in [0.2, 0.25) is 5.02 Å². The largest absolute Gasteiger partial charge is 1.00 e. The third-order valence-corrected chi connectivity index (χ3v) is 6.89. The molecular weight excluding hydrogens is 611 g/mol. The molecule has 38 heavy (non-hydrogen) atoms. The summed E-state index contributed by atoms with van der Waals surface area (Å²) in [6, 6.07) is 9.47. The number of aromatic nitrogens is 1. The molecule has 0 aliphatic rings. The normalized spacial score (nSPS) is 10.6. The van der Waals surface area contributed by atoms with E-state index < -0.39 is 0 Å². The Labute approximate surface area is 253 Å². The standard InChI is InChI=1S/C31H47ClN2O3.HI/c1-3-5-6-7-8-9-10-11-12-13-14-15-24-36-30-17-16-28(25-29(30)32)37-26-31(35)33-21-18-27-19-22-34(4-2)23-20-27;/h16-17,19-20,22-23,25H,3-15,18,21,24,26H2,1-2H3;1H. The van der Waals surface area contributed by atoms with Gasteiger partial charge in [0, 0.05) is 24.7 Å². The van der Waals surface area contributed by atoms with Crippen molar-refractivity contribution in [1.29, 1.82) is 0 Å². The van der Waals surface area contributed by atoms with Gasteiger partial charge in [0.05, 0.1) is 11.6 Å². The fourth-order valence-electron chi connectivity index (χ4n) is 4.23. The van der Waals surface area contributed by atoms with Gasteiger partial charge in [0.25, 0.3) is 5.91 Å². The molecule has 2 aromatic rings. The van der Waals surface area contributed by atoms with Gasteiger partial charge >= 0.3 is 0 Å². The third kappa shape index (κ3) is 15.8. The average Bonchev–Trinajstić information content (AvgIpc) is 2.91. The van der Waals surface area contributed by atoms with Gasteiger partial charge in [-0.15, -0.1) is 0 Å². The van der Waals surface area contributed by atoms with Gasteiger partial charge in [-0.2, -0.15) is 0 Å². The number of aryl methyl sites for hydroxylation is 1. The maximum atomic E-state index is 12.1.